The quantitative estimate of drug-likeness (QED) is 0.820. The number of carbonyl (C=O) groups excluding carboxylic acids is 2. The van der Waals surface area contributed by atoms with Crippen LogP contribution in [0.25, 0.3) is 0 Å². The zero-order chi connectivity index (χ0) is 19.6. The summed E-state index contributed by atoms with van der Waals surface area (Å²) in [5.41, 5.74) is 1.67. The van der Waals surface area contributed by atoms with Gasteiger partial charge >= 0.3 is 0 Å². The third kappa shape index (κ3) is 4.51. The summed E-state index contributed by atoms with van der Waals surface area (Å²) < 4.78 is 36.2. The second kappa shape index (κ2) is 7.48. The van der Waals surface area contributed by atoms with Crippen molar-refractivity contribution in [3.8, 4) is 0 Å². The van der Waals surface area contributed by atoms with Gasteiger partial charge in [0.2, 0.25) is 5.91 Å². The SMILES string of the molecule is CS(=O)(=O)CC[C@@H](C(=O)Nc1ccc(F)cc1)N1Cc2ccccc2C1=O. The summed E-state index contributed by atoms with van der Waals surface area (Å²) in [6.07, 6.45) is 1.06. The largest absolute Gasteiger partial charge is 0.324 e. The topological polar surface area (TPSA) is 83.6 Å². The first-order valence-electron chi connectivity index (χ1n) is 8.37. The van der Waals surface area contributed by atoms with Crippen LogP contribution in [0.5, 0.6) is 0 Å². The fourth-order valence-electron chi connectivity index (χ4n) is 3.04. The maximum absolute atomic E-state index is 13.1. The smallest absolute Gasteiger partial charge is 0.255 e. The van der Waals surface area contributed by atoms with Crippen LogP contribution in [0.3, 0.4) is 0 Å². The summed E-state index contributed by atoms with van der Waals surface area (Å²) in [6, 6.07) is 11.3. The Morgan fingerprint density at radius 1 is 1.19 bits per heavy atom. The van der Waals surface area contributed by atoms with Gasteiger partial charge in [-0.05, 0) is 42.3 Å². The van der Waals surface area contributed by atoms with Crippen LogP contribution in [0.15, 0.2) is 48.5 Å². The minimum Gasteiger partial charge on any atom is -0.324 e. The zero-order valence-electron chi connectivity index (χ0n) is 14.7. The van der Waals surface area contributed by atoms with Crippen LogP contribution in [-0.2, 0) is 21.2 Å². The first-order chi connectivity index (χ1) is 12.7. The van der Waals surface area contributed by atoms with Crippen LogP contribution in [0, 0.1) is 5.82 Å². The van der Waals surface area contributed by atoms with E-state index in [0.717, 1.165) is 11.8 Å². The molecule has 0 unspecified atom stereocenters. The van der Waals surface area contributed by atoms with E-state index >= 15 is 0 Å². The lowest BCUT2D eigenvalue weighted by Crippen LogP contribution is -2.45. The highest BCUT2D eigenvalue weighted by Crippen LogP contribution is 2.26. The fraction of sp³-hybridized carbons (Fsp3) is 0.263. The number of fused-ring (bicyclic) bond motifs is 1. The van der Waals surface area contributed by atoms with Crippen LogP contribution in [0.1, 0.15) is 22.3 Å². The monoisotopic (exact) mass is 390 g/mol. The summed E-state index contributed by atoms with van der Waals surface area (Å²) in [7, 11) is -3.31. The van der Waals surface area contributed by atoms with Crippen molar-refractivity contribution in [2.24, 2.45) is 0 Å². The normalized spacial score (nSPS) is 14.7. The van der Waals surface area contributed by atoms with E-state index in [-0.39, 0.29) is 24.6 Å². The first-order valence-corrected chi connectivity index (χ1v) is 10.4. The Hall–Kier alpha value is -2.74. The highest BCUT2D eigenvalue weighted by molar-refractivity contribution is 7.90. The number of rotatable bonds is 6. The van der Waals surface area contributed by atoms with Gasteiger partial charge in [0, 0.05) is 24.1 Å². The Labute approximate surface area is 156 Å². The number of halogens is 1. The van der Waals surface area contributed by atoms with Gasteiger partial charge in [0.05, 0.1) is 5.75 Å². The molecule has 3 rings (SSSR count). The Bertz CT molecular complexity index is 973. The van der Waals surface area contributed by atoms with Gasteiger partial charge in [-0.2, -0.15) is 0 Å². The van der Waals surface area contributed by atoms with E-state index in [2.05, 4.69) is 5.32 Å². The van der Waals surface area contributed by atoms with Crippen molar-refractivity contribution in [1.29, 1.82) is 0 Å². The maximum Gasteiger partial charge on any atom is 0.255 e. The van der Waals surface area contributed by atoms with Gasteiger partial charge in [-0.3, -0.25) is 9.59 Å². The van der Waals surface area contributed by atoms with E-state index in [1.165, 1.54) is 29.2 Å². The molecule has 2 aromatic carbocycles. The highest BCUT2D eigenvalue weighted by Gasteiger charge is 2.36. The molecule has 0 saturated heterocycles. The fourth-order valence-corrected chi connectivity index (χ4v) is 3.69. The number of hydrogen-bond acceptors (Lipinski definition) is 4. The van der Waals surface area contributed by atoms with E-state index in [1.54, 1.807) is 24.3 Å². The molecule has 0 saturated carbocycles. The Kier molecular flexibility index (Phi) is 5.27. The van der Waals surface area contributed by atoms with Crippen molar-refractivity contribution < 1.29 is 22.4 Å². The van der Waals surface area contributed by atoms with Crippen LogP contribution >= 0.6 is 0 Å². The molecule has 0 bridgehead atoms. The van der Waals surface area contributed by atoms with E-state index in [0.29, 0.717) is 11.3 Å². The lowest BCUT2D eigenvalue weighted by Gasteiger charge is -2.26. The van der Waals surface area contributed by atoms with E-state index in [4.69, 9.17) is 0 Å². The Balaban J connectivity index is 1.84. The third-order valence-electron chi connectivity index (χ3n) is 4.40. The number of amides is 2. The summed E-state index contributed by atoms with van der Waals surface area (Å²) in [6.45, 7) is 0.236. The Morgan fingerprint density at radius 3 is 2.48 bits per heavy atom. The van der Waals surface area contributed by atoms with Gasteiger partial charge in [0.15, 0.2) is 0 Å². The van der Waals surface area contributed by atoms with Crippen molar-refractivity contribution in [3.05, 3.63) is 65.5 Å². The highest BCUT2D eigenvalue weighted by atomic mass is 32.2. The number of hydrogen-bond donors (Lipinski definition) is 1. The summed E-state index contributed by atoms with van der Waals surface area (Å²) in [5.74, 6) is -1.48. The van der Waals surface area contributed by atoms with Crippen LogP contribution in [0.4, 0.5) is 10.1 Å². The van der Waals surface area contributed by atoms with Gasteiger partial charge in [-0.1, -0.05) is 18.2 Å². The molecule has 1 N–H and O–H groups in total. The molecule has 1 aliphatic heterocycles. The maximum atomic E-state index is 13.1. The minimum atomic E-state index is -3.31. The van der Waals surface area contributed by atoms with E-state index in [9.17, 15) is 22.4 Å². The Morgan fingerprint density at radius 2 is 1.85 bits per heavy atom. The third-order valence-corrected chi connectivity index (χ3v) is 5.38. The predicted octanol–water partition coefficient (Wildman–Crippen LogP) is 2.22. The van der Waals surface area contributed by atoms with Crippen LogP contribution < -0.4 is 5.32 Å². The molecule has 0 aliphatic carbocycles. The van der Waals surface area contributed by atoms with Gasteiger partial charge in [0.25, 0.3) is 5.91 Å². The van der Waals surface area contributed by atoms with Crippen molar-refractivity contribution >= 4 is 27.3 Å². The van der Waals surface area contributed by atoms with Crippen LogP contribution in [-0.4, -0.2) is 43.2 Å². The van der Waals surface area contributed by atoms with Crippen molar-refractivity contribution in [3.63, 3.8) is 0 Å². The predicted molar refractivity (Wildman–Crippen MR) is 99.5 cm³/mol. The average Bonchev–Trinajstić information content (AvgIpc) is 2.93. The van der Waals surface area contributed by atoms with E-state index < -0.39 is 27.6 Å². The van der Waals surface area contributed by atoms with Crippen LogP contribution in [0.2, 0.25) is 0 Å². The molecule has 0 spiro atoms. The molecule has 2 aromatic rings. The standard InChI is InChI=1S/C19H19FN2O4S/c1-27(25,26)11-10-17(18(23)21-15-8-6-14(20)7-9-15)22-12-13-4-2-3-5-16(13)19(22)24/h2-9,17H,10-12H2,1H3,(H,21,23)/t17-/m0/s1. The number of anilines is 1. The van der Waals surface area contributed by atoms with Crippen molar-refractivity contribution in [1.82, 2.24) is 4.90 Å². The summed E-state index contributed by atoms with van der Waals surface area (Å²) in [4.78, 5) is 26.9. The second-order valence-electron chi connectivity index (χ2n) is 6.52. The molecule has 2 amide bonds. The molecule has 8 heteroatoms. The van der Waals surface area contributed by atoms with Gasteiger partial charge in [-0.15, -0.1) is 0 Å². The lowest BCUT2D eigenvalue weighted by atomic mass is 10.1. The van der Waals surface area contributed by atoms with Crippen molar-refractivity contribution in [2.45, 2.75) is 19.0 Å². The number of nitrogens with zero attached hydrogens (tertiary/aromatic N) is 1. The van der Waals surface area contributed by atoms with Gasteiger partial charge in [-0.25, -0.2) is 12.8 Å². The number of sulfone groups is 1. The van der Waals surface area contributed by atoms with E-state index in [1.807, 2.05) is 0 Å². The summed E-state index contributed by atoms with van der Waals surface area (Å²) in [5, 5.41) is 2.64. The van der Waals surface area contributed by atoms with Gasteiger partial charge < -0.3 is 10.2 Å². The number of benzene rings is 2. The van der Waals surface area contributed by atoms with Crippen molar-refractivity contribution in [2.75, 3.05) is 17.3 Å². The molecule has 27 heavy (non-hydrogen) atoms. The van der Waals surface area contributed by atoms with Gasteiger partial charge in [0.1, 0.15) is 21.7 Å². The molecular weight excluding hydrogens is 371 g/mol. The molecule has 0 radical (unpaired) electrons. The summed E-state index contributed by atoms with van der Waals surface area (Å²) >= 11 is 0. The molecule has 1 aliphatic rings. The molecule has 1 heterocycles. The average molecular weight is 390 g/mol. The zero-order valence-corrected chi connectivity index (χ0v) is 15.5. The molecule has 0 aromatic heterocycles. The molecule has 0 fully saturated rings. The second-order valence-corrected chi connectivity index (χ2v) is 8.78. The lowest BCUT2D eigenvalue weighted by molar-refractivity contribution is -0.120. The molecular formula is C19H19FN2O4S. The number of carbonyl (C=O) groups is 2. The first kappa shape index (κ1) is 19.0. The molecule has 6 nitrogen and oxygen atoms in total. The number of nitrogens with one attached hydrogen (secondary N) is 1. The molecule has 142 valence electrons. The molecule has 1 atom stereocenters. The minimum absolute atomic E-state index is 0.0222.